The summed E-state index contributed by atoms with van der Waals surface area (Å²) in [7, 11) is 0. The second-order valence-electron chi connectivity index (χ2n) is 7.01. The maximum atomic E-state index is 10.9. The molecule has 0 aromatic rings. The molecule has 0 bridgehead atoms. The van der Waals surface area contributed by atoms with Gasteiger partial charge in [-0.3, -0.25) is 0 Å². The Morgan fingerprint density at radius 3 is 2.29 bits per heavy atom. The van der Waals surface area contributed by atoms with Gasteiger partial charge in [-0.15, -0.1) is 0 Å². The second kappa shape index (κ2) is 3.94. The highest BCUT2D eigenvalue weighted by Crippen LogP contribution is 2.50. The lowest BCUT2D eigenvalue weighted by molar-refractivity contribution is -0.126. The summed E-state index contributed by atoms with van der Waals surface area (Å²) in [6.45, 7) is 11.8. The lowest BCUT2D eigenvalue weighted by Gasteiger charge is -2.41. The summed E-state index contributed by atoms with van der Waals surface area (Å²) in [5, 5.41) is 10.9. The fraction of sp³-hybridized carbons (Fsp3) is 1.00. The van der Waals surface area contributed by atoms with E-state index in [4.69, 9.17) is 9.47 Å². The molecule has 2 aliphatic heterocycles. The lowest BCUT2D eigenvalue weighted by atomic mass is 9.69. The Kier molecular flexibility index (Phi) is 3.08. The zero-order valence-electron chi connectivity index (χ0n) is 11.7. The molecule has 2 aliphatic rings. The predicted octanol–water partition coefficient (Wildman–Crippen LogP) is 2.37. The highest BCUT2D eigenvalue weighted by molar-refractivity contribution is 5.04. The monoisotopic (exact) mass is 242 g/mol. The van der Waals surface area contributed by atoms with E-state index >= 15 is 0 Å². The van der Waals surface area contributed by atoms with Crippen LogP contribution in [0, 0.1) is 11.8 Å². The summed E-state index contributed by atoms with van der Waals surface area (Å²) >= 11 is 0. The van der Waals surface area contributed by atoms with Gasteiger partial charge in [0, 0.05) is 18.4 Å². The van der Waals surface area contributed by atoms with Gasteiger partial charge in [0.1, 0.15) is 0 Å². The minimum absolute atomic E-state index is 0.141. The van der Waals surface area contributed by atoms with Crippen molar-refractivity contribution in [3.63, 3.8) is 0 Å². The van der Waals surface area contributed by atoms with Gasteiger partial charge in [0.15, 0.2) is 0 Å². The van der Waals surface area contributed by atoms with E-state index in [0.717, 1.165) is 19.4 Å². The van der Waals surface area contributed by atoms with Crippen molar-refractivity contribution in [2.24, 2.45) is 11.8 Å². The molecule has 2 rings (SSSR count). The number of rotatable bonds is 2. The predicted molar refractivity (Wildman–Crippen MR) is 66.9 cm³/mol. The molecule has 3 heteroatoms. The number of ether oxygens (including phenoxy) is 2. The van der Waals surface area contributed by atoms with Crippen LogP contribution in [0.4, 0.5) is 0 Å². The molecule has 0 aromatic heterocycles. The van der Waals surface area contributed by atoms with E-state index in [9.17, 15) is 5.11 Å². The van der Waals surface area contributed by atoms with Gasteiger partial charge in [-0.05, 0) is 47.5 Å². The third kappa shape index (κ3) is 2.38. The standard InChI is InChI=1S/C14H26O3/c1-12(2)8-11(13(3,4)17-12)14(5,15)10-6-7-16-9-10/h10-11,15H,6-9H2,1-5H3. The summed E-state index contributed by atoms with van der Waals surface area (Å²) in [5.41, 5.74) is -1.11. The Morgan fingerprint density at radius 2 is 1.88 bits per heavy atom. The summed E-state index contributed by atoms with van der Waals surface area (Å²) < 4.78 is 11.5. The van der Waals surface area contributed by atoms with Crippen molar-refractivity contribution in [1.82, 2.24) is 0 Å². The second-order valence-corrected chi connectivity index (χ2v) is 7.01. The molecule has 0 radical (unpaired) electrons. The van der Waals surface area contributed by atoms with Gasteiger partial charge >= 0.3 is 0 Å². The molecule has 0 aliphatic carbocycles. The van der Waals surface area contributed by atoms with Crippen LogP contribution in [-0.2, 0) is 9.47 Å². The first-order chi connectivity index (χ1) is 7.65. The van der Waals surface area contributed by atoms with Crippen molar-refractivity contribution >= 4 is 0 Å². The van der Waals surface area contributed by atoms with Crippen molar-refractivity contribution in [3.05, 3.63) is 0 Å². The van der Waals surface area contributed by atoms with Crippen molar-refractivity contribution in [2.75, 3.05) is 13.2 Å². The minimum Gasteiger partial charge on any atom is -0.389 e. The average Bonchev–Trinajstić information content (AvgIpc) is 2.70. The van der Waals surface area contributed by atoms with Crippen molar-refractivity contribution < 1.29 is 14.6 Å². The smallest absolute Gasteiger partial charge is 0.0726 e. The van der Waals surface area contributed by atoms with E-state index in [1.807, 2.05) is 6.92 Å². The van der Waals surface area contributed by atoms with Crippen molar-refractivity contribution in [3.8, 4) is 0 Å². The summed E-state index contributed by atoms with van der Waals surface area (Å²) in [5.74, 6) is 0.404. The van der Waals surface area contributed by atoms with Crippen LogP contribution >= 0.6 is 0 Å². The molecule has 17 heavy (non-hydrogen) atoms. The molecule has 0 amide bonds. The SMILES string of the molecule is CC1(C)CC(C(C)(O)C2CCOC2)C(C)(C)O1. The fourth-order valence-corrected chi connectivity index (χ4v) is 3.75. The van der Waals surface area contributed by atoms with Crippen LogP contribution in [0.2, 0.25) is 0 Å². The molecular weight excluding hydrogens is 216 g/mol. The van der Waals surface area contributed by atoms with E-state index < -0.39 is 5.60 Å². The van der Waals surface area contributed by atoms with E-state index in [0.29, 0.717) is 6.61 Å². The van der Waals surface area contributed by atoms with Gasteiger partial charge < -0.3 is 14.6 Å². The molecule has 3 atom stereocenters. The van der Waals surface area contributed by atoms with E-state index in [-0.39, 0.29) is 23.0 Å². The van der Waals surface area contributed by atoms with Crippen LogP contribution in [0.5, 0.6) is 0 Å². The Morgan fingerprint density at radius 1 is 1.24 bits per heavy atom. The normalized spacial score (nSPS) is 39.2. The first-order valence-corrected chi connectivity index (χ1v) is 6.65. The van der Waals surface area contributed by atoms with Crippen molar-refractivity contribution in [1.29, 1.82) is 0 Å². The zero-order chi connectivity index (χ0) is 12.9. The molecule has 0 spiro atoms. The van der Waals surface area contributed by atoms with Crippen LogP contribution < -0.4 is 0 Å². The molecule has 100 valence electrons. The maximum Gasteiger partial charge on any atom is 0.0726 e. The first kappa shape index (κ1) is 13.3. The minimum atomic E-state index is -0.701. The van der Waals surface area contributed by atoms with E-state index in [1.165, 1.54) is 0 Å². The molecule has 0 saturated carbocycles. The van der Waals surface area contributed by atoms with Gasteiger partial charge in [-0.25, -0.2) is 0 Å². The molecule has 2 heterocycles. The van der Waals surface area contributed by atoms with Crippen LogP contribution in [0.1, 0.15) is 47.5 Å². The van der Waals surface area contributed by atoms with Gasteiger partial charge in [-0.2, -0.15) is 0 Å². The highest BCUT2D eigenvalue weighted by Gasteiger charge is 2.55. The highest BCUT2D eigenvalue weighted by atomic mass is 16.5. The molecular formula is C14H26O3. The van der Waals surface area contributed by atoms with Gasteiger partial charge in [0.25, 0.3) is 0 Å². The van der Waals surface area contributed by atoms with Crippen molar-refractivity contribution in [2.45, 2.75) is 64.3 Å². The van der Waals surface area contributed by atoms with Crippen LogP contribution in [0.15, 0.2) is 0 Å². The fourth-order valence-electron chi connectivity index (χ4n) is 3.75. The Labute approximate surface area is 104 Å². The first-order valence-electron chi connectivity index (χ1n) is 6.65. The molecule has 2 fully saturated rings. The molecule has 3 nitrogen and oxygen atoms in total. The molecule has 2 saturated heterocycles. The molecule has 1 N–H and O–H groups in total. The summed E-state index contributed by atoms with van der Waals surface area (Å²) in [6, 6.07) is 0. The summed E-state index contributed by atoms with van der Waals surface area (Å²) in [6.07, 6.45) is 1.86. The summed E-state index contributed by atoms with van der Waals surface area (Å²) in [4.78, 5) is 0. The van der Waals surface area contributed by atoms with Gasteiger partial charge in [0.2, 0.25) is 0 Å². The largest absolute Gasteiger partial charge is 0.389 e. The third-order valence-corrected chi connectivity index (χ3v) is 4.54. The third-order valence-electron chi connectivity index (χ3n) is 4.54. The number of hydrogen-bond donors (Lipinski definition) is 1. The Balaban J connectivity index is 2.20. The number of aliphatic hydroxyl groups is 1. The Hall–Kier alpha value is -0.120. The van der Waals surface area contributed by atoms with Gasteiger partial charge in [-0.1, -0.05) is 0 Å². The van der Waals surface area contributed by atoms with Crippen LogP contribution in [0.25, 0.3) is 0 Å². The molecule has 3 unspecified atom stereocenters. The quantitative estimate of drug-likeness (QED) is 0.808. The average molecular weight is 242 g/mol. The van der Waals surface area contributed by atoms with Crippen LogP contribution in [-0.4, -0.2) is 35.1 Å². The lowest BCUT2D eigenvalue weighted by Crippen LogP contribution is -2.49. The van der Waals surface area contributed by atoms with E-state index in [1.54, 1.807) is 0 Å². The molecule has 0 aromatic carbocycles. The number of hydrogen-bond acceptors (Lipinski definition) is 3. The van der Waals surface area contributed by atoms with Crippen LogP contribution in [0.3, 0.4) is 0 Å². The Bertz CT molecular complexity index is 288. The van der Waals surface area contributed by atoms with Gasteiger partial charge in [0.05, 0.1) is 23.4 Å². The topological polar surface area (TPSA) is 38.7 Å². The van der Waals surface area contributed by atoms with E-state index in [2.05, 4.69) is 27.7 Å². The maximum absolute atomic E-state index is 10.9. The zero-order valence-corrected chi connectivity index (χ0v) is 11.7.